The van der Waals surface area contributed by atoms with Gasteiger partial charge in [0.05, 0.1) is 5.69 Å². The first-order chi connectivity index (χ1) is 10.1. The molecule has 0 saturated heterocycles. The van der Waals surface area contributed by atoms with Crippen molar-refractivity contribution in [2.75, 3.05) is 5.73 Å². The highest BCUT2D eigenvalue weighted by Gasteiger charge is 2.17. The molecule has 1 heterocycles. The van der Waals surface area contributed by atoms with Crippen molar-refractivity contribution in [3.63, 3.8) is 0 Å². The molecule has 106 valence electrons. The largest absolute Gasteiger partial charge is 0.399 e. The van der Waals surface area contributed by atoms with E-state index in [0.29, 0.717) is 5.82 Å². The zero-order valence-corrected chi connectivity index (χ0v) is 14.3. The summed E-state index contributed by atoms with van der Waals surface area (Å²) in [5.74, 6) is 0.667. The summed E-state index contributed by atoms with van der Waals surface area (Å²) < 4.78 is 3.50. The van der Waals surface area contributed by atoms with Gasteiger partial charge < -0.3 is 5.73 Å². The number of aryl methyl sites for hydroxylation is 1. The van der Waals surface area contributed by atoms with Crippen molar-refractivity contribution in [1.82, 2.24) is 20.2 Å². The van der Waals surface area contributed by atoms with E-state index in [1.54, 1.807) is 4.68 Å². The second kappa shape index (κ2) is 5.57. The fourth-order valence-corrected chi connectivity index (χ4v) is 3.47. The number of nitrogens with two attached hydrogens (primary N) is 1. The topological polar surface area (TPSA) is 69.6 Å². The molecule has 7 heteroatoms. The predicted molar refractivity (Wildman–Crippen MR) is 89.1 cm³/mol. The zero-order chi connectivity index (χ0) is 15.0. The Hall–Kier alpha value is -1.73. The van der Waals surface area contributed by atoms with Gasteiger partial charge in [0.2, 0.25) is 0 Å². The summed E-state index contributed by atoms with van der Waals surface area (Å²) in [6, 6.07) is 11.5. The lowest BCUT2D eigenvalue weighted by Crippen LogP contribution is -2.03. The number of hydrogen-bond acceptors (Lipinski definition) is 4. The Morgan fingerprint density at radius 2 is 1.81 bits per heavy atom. The molecule has 0 aliphatic rings. The molecule has 2 aromatic carbocycles. The van der Waals surface area contributed by atoms with Crippen LogP contribution in [0.2, 0.25) is 0 Å². The number of aromatic nitrogens is 4. The van der Waals surface area contributed by atoms with Crippen LogP contribution >= 0.6 is 31.9 Å². The van der Waals surface area contributed by atoms with Crippen LogP contribution in [0.25, 0.3) is 17.1 Å². The summed E-state index contributed by atoms with van der Waals surface area (Å²) in [4.78, 5) is 0. The van der Waals surface area contributed by atoms with Gasteiger partial charge in [0.1, 0.15) is 0 Å². The molecule has 21 heavy (non-hydrogen) atoms. The van der Waals surface area contributed by atoms with Crippen molar-refractivity contribution in [2.45, 2.75) is 6.92 Å². The molecular weight excluding hydrogens is 398 g/mol. The molecule has 0 amide bonds. The van der Waals surface area contributed by atoms with Crippen molar-refractivity contribution in [1.29, 1.82) is 0 Å². The average molecular weight is 409 g/mol. The third-order valence-corrected chi connectivity index (χ3v) is 4.39. The van der Waals surface area contributed by atoms with Crippen LogP contribution in [0.4, 0.5) is 5.69 Å². The molecule has 1 aromatic heterocycles. The van der Waals surface area contributed by atoms with Crippen molar-refractivity contribution in [2.24, 2.45) is 0 Å². The summed E-state index contributed by atoms with van der Waals surface area (Å²) in [6.45, 7) is 1.99. The quantitative estimate of drug-likeness (QED) is 0.655. The minimum absolute atomic E-state index is 0.667. The number of para-hydroxylation sites is 1. The van der Waals surface area contributed by atoms with E-state index in [1.165, 1.54) is 0 Å². The van der Waals surface area contributed by atoms with Crippen molar-refractivity contribution in [3.8, 4) is 17.1 Å². The van der Waals surface area contributed by atoms with Crippen LogP contribution in [0.3, 0.4) is 0 Å². The lowest BCUT2D eigenvalue weighted by molar-refractivity contribution is 0.786. The third-order valence-electron chi connectivity index (χ3n) is 3.11. The number of benzene rings is 2. The van der Waals surface area contributed by atoms with Crippen LogP contribution < -0.4 is 5.73 Å². The number of hydrogen-bond donors (Lipinski definition) is 1. The maximum atomic E-state index is 5.80. The van der Waals surface area contributed by atoms with Gasteiger partial charge in [-0.3, -0.25) is 0 Å². The molecular formula is C14H11Br2N5. The first kappa shape index (κ1) is 14.2. The van der Waals surface area contributed by atoms with Gasteiger partial charge in [-0.15, -0.1) is 5.10 Å². The fourth-order valence-electron chi connectivity index (χ4n) is 2.13. The van der Waals surface area contributed by atoms with Gasteiger partial charge in [0.25, 0.3) is 0 Å². The summed E-state index contributed by atoms with van der Waals surface area (Å²) in [5, 5.41) is 12.1. The molecule has 0 aliphatic heterocycles. The van der Waals surface area contributed by atoms with E-state index in [1.807, 2.05) is 43.3 Å². The molecule has 0 aliphatic carbocycles. The second-order valence-electron chi connectivity index (χ2n) is 4.56. The number of nitrogen functional groups attached to an aromatic ring is 1. The maximum absolute atomic E-state index is 5.80. The van der Waals surface area contributed by atoms with Gasteiger partial charge in [0, 0.05) is 20.2 Å². The molecule has 0 saturated carbocycles. The summed E-state index contributed by atoms with van der Waals surface area (Å²) >= 11 is 7.08. The number of nitrogens with zero attached hydrogens (tertiary/aromatic N) is 4. The van der Waals surface area contributed by atoms with Crippen LogP contribution in [-0.2, 0) is 0 Å². The lowest BCUT2D eigenvalue weighted by atomic mass is 10.1. The Kier molecular flexibility index (Phi) is 3.77. The molecule has 0 radical (unpaired) electrons. The summed E-state index contributed by atoms with van der Waals surface area (Å²) in [5.41, 5.74) is 9.34. The average Bonchev–Trinajstić information content (AvgIpc) is 2.87. The standard InChI is InChI=1S/C14H11Br2N5/c1-8-7-9(17)5-6-10(8)14-18-19-20-21(14)13-11(15)3-2-4-12(13)16/h2-7H,17H2,1H3. The lowest BCUT2D eigenvalue weighted by Gasteiger charge is -2.10. The van der Waals surface area contributed by atoms with Crippen molar-refractivity contribution in [3.05, 3.63) is 50.9 Å². The normalized spacial score (nSPS) is 10.8. The minimum Gasteiger partial charge on any atom is -0.399 e. The van der Waals surface area contributed by atoms with Gasteiger partial charge in [0.15, 0.2) is 5.82 Å². The highest BCUT2D eigenvalue weighted by molar-refractivity contribution is 9.11. The molecule has 2 N–H and O–H groups in total. The van der Waals surface area contributed by atoms with Crippen molar-refractivity contribution < 1.29 is 0 Å². The number of tetrazole rings is 1. The summed E-state index contributed by atoms with van der Waals surface area (Å²) in [6.07, 6.45) is 0. The Bertz CT molecular complexity index is 793. The third kappa shape index (κ3) is 2.58. The van der Waals surface area contributed by atoms with Crippen LogP contribution in [0.15, 0.2) is 45.3 Å². The Morgan fingerprint density at radius 1 is 1.10 bits per heavy atom. The van der Waals surface area contributed by atoms with Crippen molar-refractivity contribution >= 4 is 37.5 Å². The molecule has 0 spiro atoms. The number of anilines is 1. The number of rotatable bonds is 2. The Balaban J connectivity index is 2.22. The van der Waals surface area contributed by atoms with Crippen LogP contribution in [0.1, 0.15) is 5.56 Å². The van der Waals surface area contributed by atoms with Crippen LogP contribution in [0.5, 0.6) is 0 Å². The van der Waals surface area contributed by atoms with E-state index in [4.69, 9.17) is 5.73 Å². The first-order valence-corrected chi connectivity index (χ1v) is 7.76. The Labute approximate surface area is 138 Å². The van der Waals surface area contributed by atoms with Gasteiger partial charge in [-0.05, 0) is 85.1 Å². The Morgan fingerprint density at radius 3 is 2.48 bits per heavy atom. The monoisotopic (exact) mass is 407 g/mol. The van der Waals surface area contributed by atoms with E-state index in [2.05, 4.69) is 47.4 Å². The van der Waals surface area contributed by atoms with E-state index in [-0.39, 0.29) is 0 Å². The van der Waals surface area contributed by atoms with E-state index < -0.39 is 0 Å². The predicted octanol–water partition coefficient (Wildman–Crippen LogP) is 3.74. The van der Waals surface area contributed by atoms with Gasteiger partial charge in [-0.1, -0.05) is 6.07 Å². The number of halogens is 2. The zero-order valence-electron chi connectivity index (χ0n) is 11.1. The van der Waals surface area contributed by atoms with Crippen LogP contribution in [-0.4, -0.2) is 20.2 Å². The molecule has 3 aromatic rings. The van der Waals surface area contributed by atoms with Gasteiger partial charge >= 0.3 is 0 Å². The molecule has 0 unspecified atom stereocenters. The molecule has 0 atom stereocenters. The fraction of sp³-hybridized carbons (Fsp3) is 0.0714. The second-order valence-corrected chi connectivity index (χ2v) is 6.27. The molecule has 0 bridgehead atoms. The molecule has 3 rings (SSSR count). The smallest absolute Gasteiger partial charge is 0.187 e. The molecule has 0 fully saturated rings. The summed E-state index contributed by atoms with van der Waals surface area (Å²) in [7, 11) is 0. The van der Waals surface area contributed by atoms with E-state index in [0.717, 1.165) is 31.4 Å². The highest BCUT2D eigenvalue weighted by Crippen LogP contribution is 2.32. The first-order valence-electron chi connectivity index (χ1n) is 6.17. The van der Waals surface area contributed by atoms with Gasteiger partial charge in [-0.2, -0.15) is 4.68 Å². The highest BCUT2D eigenvalue weighted by atomic mass is 79.9. The van der Waals surface area contributed by atoms with Crippen LogP contribution in [0, 0.1) is 6.92 Å². The van der Waals surface area contributed by atoms with E-state index in [9.17, 15) is 0 Å². The minimum atomic E-state index is 0.667. The molecule has 5 nitrogen and oxygen atoms in total. The SMILES string of the molecule is Cc1cc(N)ccc1-c1nnnn1-c1c(Br)cccc1Br. The maximum Gasteiger partial charge on any atom is 0.187 e. The van der Waals surface area contributed by atoms with E-state index >= 15 is 0 Å². The van der Waals surface area contributed by atoms with Gasteiger partial charge in [-0.25, -0.2) is 0 Å².